The van der Waals surface area contributed by atoms with Gasteiger partial charge in [-0.05, 0) is 30.7 Å². The lowest BCUT2D eigenvalue weighted by Gasteiger charge is -2.40. The van der Waals surface area contributed by atoms with E-state index in [0.29, 0.717) is 25.9 Å². The van der Waals surface area contributed by atoms with Crippen molar-refractivity contribution in [3.8, 4) is 0 Å². The quantitative estimate of drug-likeness (QED) is 0.501. The second-order valence-corrected chi connectivity index (χ2v) is 5.80. The van der Waals surface area contributed by atoms with Crippen LogP contribution in [0, 0.1) is 15.5 Å². The zero-order valence-electron chi connectivity index (χ0n) is 12.6. The van der Waals surface area contributed by atoms with E-state index in [1.807, 2.05) is 6.92 Å². The molecular formula is C15H21N3O4. The number of carbonyl (C=O) groups excluding carboxylic acids is 1. The summed E-state index contributed by atoms with van der Waals surface area (Å²) in [5, 5.41) is 20.6. The molecule has 3 N–H and O–H groups in total. The summed E-state index contributed by atoms with van der Waals surface area (Å²) in [5.74, 6) is -0.410. The Morgan fingerprint density at radius 1 is 1.45 bits per heavy atom. The fourth-order valence-electron chi connectivity index (χ4n) is 2.91. The lowest BCUT2D eigenvalue weighted by atomic mass is 9.77. The highest BCUT2D eigenvalue weighted by Crippen LogP contribution is 2.35. The predicted octanol–water partition coefficient (Wildman–Crippen LogP) is 1.80. The summed E-state index contributed by atoms with van der Waals surface area (Å²) in [6, 6.07) is 4.25. The van der Waals surface area contributed by atoms with Crippen LogP contribution >= 0.6 is 0 Å². The number of benzene rings is 1. The number of rotatable bonds is 4. The number of piperidine rings is 1. The summed E-state index contributed by atoms with van der Waals surface area (Å²) in [7, 11) is 0. The first kappa shape index (κ1) is 16.2. The van der Waals surface area contributed by atoms with Crippen molar-refractivity contribution < 1.29 is 14.8 Å². The van der Waals surface area contributed by atoms with Gasteiger partial charge in [-0.2, -0.15) is 0 Å². The van der Waals surface area contributed by atoms with Crippen molar-refractivity contribution in [2.45, 2.75) is 26.2 Å². The van der Waals surface area contributed by atoms with Gasteiger partial charge in [-0.15, -0.1) is 0 Å². The number of amides is 1. The van der Waals surface area contributed by atoms with E-state index in [9.17, 15) is 20.0 Å². The molecule has 120 valence electrons. The summed E-state index contributed by atoms with van der Waals surface area (Å²) in [6.45, 7) is 3.06. The van der Waals surface area contributed by atoms with Gasteiger partial charge in [0.25, 0.3) is 11.6 Å². The van der Waals surface area contributed by atoms with Crippen molar-refractivity contribution in [2.75, 3.05) is 25.4 Å². The molecule has 1 aromatic carbocycles. The van der Waals surface area contributed by atoms with Crippen molar-refractivity contribution in [3.05, 3.63) is 33.9 Å². The minimum Gasteiger partial charge on any atom is -0.398 e. The first-order valence-electron chi connectivity index (χ1n) is 7.37. The third-order valence-electron chi connectivity index (χ3n) is 4.68. The SMILES string of the molecule is CCC1(CO)CCN(C(=O)c2c(N)cccc2[N+](=O)[O-])CC1. The molecule has 0 atom stereocenters. The predicted molar refractivity (Wildman–Crippen MR) is 82.5 cm³/mol. The fourth-order valence-corrected chi connectivity index (χ4v) is 2.91. The molecule has 22 heavy (non-hydrogen) atoms. The minimum atomic E-state index is -0.586. The number of carbonyl (C=O) groups is 1. The van der Waals surface area contributed by atoms with Crippen molar-refractivity contribution in [3.63, 3.8) is 0 Å². The smallest absolute Gasteiger partial charge is 0.284 e. The number of hydrogen-bond donors (Lipinski definition) is 2. The number of nitro benzene ring substituents is 1. The number of nitrogens with zero attached hydrogens (tertiary/aromatic N) is 2. The maximum atomic E-state index is 12.6. The second kappa shape index (κ2) is 6.31. The molecule has 1 aromatic rings. The summed E-state index contributed by atoms with van der Waals surface area (Å²) < 4.78 is 0. The van der Waals surface area contributed by atoms with E-state index in [4.69, 9.17) is 5.73 Å². The van der Waals surface area contributed by atoms with Gasteiger partial charge >= 0.3 is 0 Å². The topological polar surface area (TPSA) is 110 Å². The minimum absolute atomic E-state index is 0.0412. The van der Waals surface area contributed by atoms with Crippen LogP contribution in [0.5, 0.6) is 0 Å². The average Bonchev–Trinajstić information content (AvgIpc) is 2.54. The maximum Gasteiger partial charge on any atom is 0.284 e. The standard InChI is InChI=1S/C15H21N3O4/c1-2-15(10-19)6-8-17(9-7-15)14(20)13-11(16)4-3-5-12(13)18(21)22/h3-5,19H,2,6-10,16H2,1H3. The molecule has 1 amide bonds. The molecule has 0 bridgehead atoms. The number of nitrogens with two attached hydrogens (primary N) is 1. The van der Waals surface area contributed by atoms with Crippen molar-refractivity contribution in [1.29, 1.82) is 0 Å². The molecule has 1 saturated heterocycles. The number of anilines is 1. The zero-order valence-corrected chi connectivity index (χ0v) is 12.6. The lowest BCUT2D eigenvalue weighted by molar-refractivity contribution is -0.385. The number of likely N-dealkylation sites (tertiary alicyclic amines) is 1. The normalized spacial score (nSPS) is 17.3. The molecular weight excluding hydrogens is 286 g/mol. The largest absolute Gasteiger partial charge is 0.398 e. The average molecular weight is 307 g/mol. The highest BCUT2D eigenvalue weighted by Gasteiger charge is 2.36. The van der Waals surface area contributed by atoms with E-state index in [1.165, 1.54) is 18.2 Å². The first-order chi connectivity index (χ1) is 10.4. The Hall–Kier alpha value is -2.15. The Labute approximate surface area is 128 Å². The van der Waals surface area contributed by atoms with Crippen molar-refractivity contribution in [1.82, 2.24) is 4.90 Å². The zero-order chi connectivity index (χ0) is 16.3. The van der Waals surface area contributed by atoms with Gasteiger partial charge in [0.2, 0.25) is 0 Å². The van der Waals surface area contributed by atoms with Crippen LogP contribution < -0.4 is 5.73 Å². The van der Waals surface area contributed by atoms with Gasteiger partial charge in [0.1, 0.15) is 5.56 Å². The molecule has 2 rings (SSSR count). The van der Waals surface area contributed by atoms with Crippen LogP contribution in [0.25, 0.3) is 0 Å². The fraction of sp³-hybridized carbons (Fsp3) is 0.533. The molecule has 0 radical (unpaired) electrons. The maximum absolute atomic E-state index is 12.6. The molecule has 0 spiro atoms. The van der Waals surface area contributed by atoms with Gasteiger partial charge in [0, 0.05) is 25.8 Å². The van der Waals surface area contributed by atoms with E-state index >= 15 is 0 Å². The molecule has 1 heterocycles. The molecule has 7 heteroatoms. The Morgan fingerprint density at radius 2 is 2.09 bits per heavy atom. The summed E-state index contributed by atoms with van der Waals surface area (Å²) in [5.41, 5.74) is 5.45. The van der Waals surface area contributed by atoms with E-state index in [2.05, 4.69) is 0 Å². The monoisotopic (exact) mass is 307 g/mol. The molecule has 1 fully saturated rings. The summed E-state index contributed by atoms with van der Waals surface area (Å²) in [6.07, 6.45) is 2.22. The van der Waals surface area contributed by atoms with Crippen LogP contribution in [-0.2, 0) is 0 Å². The summed E-state index contributed by atoms with van der Waals surface area (Å²) >= 11 is 0. The van der Waals surface area contributed by atoms with Crippen LogP contribution in [0.15, 0.2) is 18.2 Å². The molecule has 0 unspecified atom stereocenters. The van der Waals surface area contributed by atoms with Gasteiger partial charge in [-0.3, -0.25) is 14.9 Å². The third kappa shape index (κ3) is 2.89. The van der Waals surface area contributed by atoms with E-state index in [1.54, 1.807) is 4.90 Å². The van der Waals surface area contributed by atoms with Crippen LogP contribution in [0.2, 0.25) is 0 Å². The van der Waals surface area contributed by atoms with Gasteiger partial charge in [0.15, 0.2) is 0 Å². The van der Waals surface area contributed by atoms with Gasteiger partial charge < -0.3 is 15.7 Å². The van der Waals surface area contributed by atoms with E-state index in [0.717, 1.165) is 6.42 Å². The van der Waals surface area contributed by atoms with Crippen LogP contribution in [0.4, 0.5) is 11.4 Å². The number of nitro groups is 1. The molecule has 7 nitrogen and oxygen atoms in total. The number of nitrogen functional groups attached to an aromatic ring is 1. The third-order valence-corrected chi connectivity index (χ3v) is 4.68. The second-order valence-electron chi connectivity index (χ2n) is 5.80. The van der Waals surface area contributed by atoms with Crippen molar-refractivity contribution >= 4 is 17.3 Å². The molecule has 0 aliphatic carbocycles. The lowest BCUT2D eigenvalue weighted by Crippen LogP contribution is -2.44. The van der Waals surface area contributed by atoms with E-state index < -0.39 is 10.8 Å². The Kier molecular flexibility index (Phi) is 4.65. The molecule has 0 saturated carbocycles. The summed E-state index contributed by atoms with van der Waals surface area (Å²) in [4.78, 5) is 24.7. The first-order valence-corrected chi connectivity index (χ1v) is 7.37. The van der Waals surface area contributed by atoms with Crippen LogP contribution in [0.3, 0.4) is 0 Å². The van der Waals surface area contributed by atoms with Gasteiger partial charge in [0.05, 0.1) is 10.6 Å². The Morgan fingerprint density at radius 3 is 2.59 bits per heavy atom. The highest BCUT2D eigenvalue weighted by atomic mass is 16.6. The number of aliphatic hydroxyl groups excluding tert-OH is 1. The van der Waals surface area contributed by atoms with Gasteiger partial charge in [-0.1, -0.05) is 13.0 Å². The van der Waals surface area contributed by atoms with Crippen LogP contribution in [-0.4, -0.2) is 40.5 Å². The Balaban J connectivity index is 2.23. The molecule has 1 aliphatic rings. The highest BCUT2D eigenvalue weighted by molar-refractivity contribution is 6.03. The molecule has 1 aliphatic heterocycles. The number of hydrogen-bond acceptors (Lipinski definition) is 5. The molecule has 0 aromatic heterocycles. The Bertz CT molecular complexity index is 574. The van der Waals surface area contributed by atoms with E-state index in [-0.39, 0.29) is 29.0 Å². The van der Waals surface area contributed by atoms with Crippen LogP contribution in [0.1, 0.15) is 36.5 Å². The van der Waals surface area contributed by atoms with Crippen molar-refractivity contribution in [2.24, 2.45) is 5.41 Å². The van der Waals surface area contributed by atoms with Gasteiger partial charge in [-0.25, -0.2) is 0 Å². The number of aliphatic hydroxyl groups is 1.